The number of anilines is 1. The molecule has 0 aliphatic heterocycles. The van der Waals surface area contributed by atoms with Crippen LogP contribution in [0.3, 0.4) is 0 Å². The Labute approximate surface area is 377 Å². The number of amidine groups is 1. The van der Waals surface area contributed by atoms with Gasteiger partial charge in [0, 0.05) is 29.5 Å². The molecule has 9 rings (SSSR count). The third kappa shape index (κ3) is 8.57. The average molecular weight is 978 g/mol. The lowest BCUT2D eigenvalue weighted by Crippen LogP contribution is -2.38. The molecular formula is C43H33ClF9N9O4S. The lowest BCUT2D eigenvalue weighted by Gasteiger charge is -2.26. The monoisotopic (exact) mass is 977 g/mol. The molecule has 6 aromatic rings. The number of pyridine rings is 1. The predicted octanol–water partition coefficient (Wildman–Crippen LogP) is 8.05. The lowest BCUT2D eigenvalue weighted by atomic mass is 10.0. The highest BCUT2D eigenvalue weighted by atomic mass is 35.5. The van der Waals surface area contributed by atoms with Gasteiger partial charge in [0.2, 0.25) is 15.9 Å². The second-order valence-electron chi connectivity index (χ2n) is 16.2. The molecular weight excluding hydrogens is 945 g/mol. The van der Waals surface area contributed by atoms with Crippen LogP contribution >= 0.6 is 11.6 Å². The van der Waals surface area contributed by atoms with Gasteiger partial charge in [-0.25, -0.2) is 49.1 Å². The van der Waals surface area contributed by atoms with Gasteiger partial charge in [-0.15, -0.1) is 0 Å². The van der Waals surface area contributed by atoms with Crippen molar-refractivity contribution >= 4 is 50.1 Å². The summed E-state index contributed by atoms with van der Waals surface area (Å²) in [6, 6.07) is 10.5. The van der Waals surface area contributed by atoms with Crippen LogP contribution in [-0.2, 0) is 33.7 Å². The summed E-state index contributed by atoms with van der Waals surface area (Å²) in [7, 11) is -4.19. The van der Waals surface area contributed by atoms with Crippen LogP contribution in [0.1, 0.15) is 71.6 Å². The van der Waals surface area contributed by atoms with Crippen LogP contribution in [0.5, 0.6) is 0 Å². The van der Waals surface area contributed by atoms with Crippen molar-refractivity contribution in [2.75, 3.05) is 11.9 Å². The topological polar surface area (TPSA) is 177 Å². The molecule has 3 atom stereocenters. The molecule has 3 heterocycles. The molecule has 0 radical (unpaired) electrons. The summed E-state index contributed by atoms with van der Waals surface area (Å²) in [6.45, 7) is -2.30. The quantitative estimate of drug-likeness (QED) is 0.0454. The van der Waals surface area contributed by atoms with Crippen molar-refractivity contribution in [2.45, 2.75) is 68.2 Å². The predicted molar refractivity (Wildman–Crippen MR) is 225 cm³/mol. The van der Waals surface area contributed by atoms with Gasteiger partial charge in [-0.05, 0) is 79.3 Å². The summed E-state index contributed by atoms with van der Waals surface area (Å²) in [5, 5.41) is 15.8. The third-order valence-electron chi connectivity index (χ3n) is 11.6. The van der Waals surface area contributed by atoms with Gasteiger partial charge in [0.05, 0.1) is 50.9 Å². The van der Waals surface area contributed by atoms with Crippen molar-refractivity contribution in [1.82, 2.24) is 34.4 Å². The number of aromatic nitrogens is 5. The molecule has 24 heteroatoms. The number of rotatable bonds is 15. The Balaban J connectivity index is 1.26. The first-order chi connectivity index (χ1) is 31.7. The van der Waals surface area contributed by atoms with Crippen molar-refractivity contribution in [1.29, 1.82) is 5.41 Å². The van der Waals surface area contributed by atoms with Crippen LogP contribution in [0, 0.1) is 28.8 Å². The first-order valence-corrected chi connectivity index (χ1v) is 22.3. The molecule has 4 N–H and O–H groups in total. The first-order valence-electron chi connectivity index (χ1n) is 20.4. The number of alkyl halides is 6. The van der Waals surface area contributed by atoms with Gasteiger partial charge in [0.25, 0.3) is 24.3 Å². The third-order valence-corrected chi connectivity index (χ3v) is 13.8. The Morgan fingerprint density at radius 3 is 2.36 bits per heavy atom. The number of benzene rings is 3. The Kier molecular flexibility index (Phi) is 11.6. The molecule has 0 saturated heterocycles. The van der Waals surface area contributed by atoms with E-state index >= 15 is 18.0 Å². The van der Waals surface area contributed by atoms with Gasteiger partial charge in [0.15, 0.2) is 5.65 Å². The lowest BCUT2D eigenvalue weighted by molar-refractivity contribution is -0.123. The van der Waals surface area contributed by atoms with E-state index in [1.165, 1.54) is 30.3 Å². The molecule has 1 amide bonds. The van der Waals surface area contributed by atoms with Crippen molar-refractivity contribution in [2.24, 2.45) is 5.92 Å². The molecule has 0 unspecified atom stereocenters. The van der Waals surface area contributed by atoms with Gasteiger partial charge in [-0.1, -0.05) is 23.7 Å². The minimum atomic E-state index is -4.19. The van der Waals surface area contributed by atoms with Crippen molar-refractivity contribution < 1.29 is 52.7 Å². The van der Waals surface area contributed by atoms with Gasteiger partial charge in [0.1, 0.15) is 47.0 Å². The molecule has 67 heavy (non-hydrogen) atoms. The van der Waals surface area contributed by atoms with E-state index in [4.69, 9.17) is 17.0 Å². The zero-order chi connectivity index (χ0) is 47.9. The summed E-state index contributed by atoms with van der Waals surface area (Å²) in [5.74, 6) is -11.5. The summed E-state index contributed by atoms with van der Waals surface area (Å²) >= 11 is 6.54. The van der Waals surface area contributed by atoms with Crippen molar-refractivity contribution in [3.63, 3.8) is 0 Å². The second-order valence-corrected chi connectivity index (χ2v) is 18.6. The van der Waals surface area contributed by atoms with Crippen LogP contribution in [0.2, 0.25) is 5.02 Å². The maximum Gasteiger partial charge on any atom is 0.293 e. The number of hydrogen-bond donors (Lipinski definition) is 4. The number of hydrogen-bond acceptors (Lipinski definition) is 9. The number of carbonyl (C=O) groups excluding carboxylic acids is 1. The Morgan fingerprint density at radius 1 is 0.970 bits per heavy atom. The molecule has 13 nitrogen and oxygen atoms in total. The van der Waals surface area contributed by atoms with Crippen molar-refractivity contribution in [3.8, 4) is 16.9 Å². The van der Waals surface area contributed by atoms with Gasteiger partial charge < -0.3 is 10.6 Å². The number of fused-ring (bicyclic) bond motifs is 4. The Hall–Kier alpha value is -6.49. The van der Waals surface area contributed by atoms with E-state index in [1.54, 1.807) is 0 Å². The van der Waals surface area contributed by atoms with Gasteiger partial charge in [-0.3, -0.25) is 29.0 Å². The highest BCUT2D eigenvalue weighted by molar-refractivity contribution is 7.91. The average Bonchev–Trinajstić information content (AvgIpc) is 4.19. The second kappa shape index (κ2) is 17.0. The first kappa shape index (κ1) is 45.7. The summed E-state index contributed by atoms with van der Waals surface area (Å²) in [4.78, 5) is 38.2. The van der Waals surface area contributed by atoms with Crippen LogP contribution < -0.4 is 20.9 Å². The van der Waals surface area contributed by atoms with E-state index in [1.807, 2.05) is 0 Å². The molecule has 0 bridgehead atoms. The molecule has 3 aromatic carbocycles. The minimum absolute atomic E-state index is 0.0469. The SMILES string of the molecule is N=C(NS(=O)(=O)C1CC1)c1c(Cl)ccc(-n2c([C@H](Cc3cc(F)cc(F)c3)NC(=O)Cn3nc(C(F)F)c4c3C(F)(F)[C@@H]3C[C@H]43)nc3nc(-c4ccccc4F)ccc3c2=O)c1NCC(F)F. The maximum atomic E-state index is 15.6. The normalized spacial score (nSPS) is 17.7. The summed E-state index contributed by atoms with van der Waals surface area (Å²) in [5.41, 5.74) is -5.52. The molecule has 3 aliphatic rings. The molecule has 2 saturated carbocycles. The van der Waals surface area contributed by atoms with Crippen LogP contribution in [-0.4, -0.2) is 62.7 Å². The maximum absolute atomic E-state index is 15.6. The fourth-order valence-corrected chi connectivity index (χ4v) is 10.1. The number of nitrogens with zero attached hydrogens (tertiary/aromatic N) is 5. The molecule has 0 spiro atoms. The number of carbonyl (C=O) groups is 1. The number of sulfonamides is 1. The van der Waals surface area contributed by atoms with Crippen LogP contribution in [0.25, 0.3) is 28.0 Å². The van der Waals surface area contributed by atoms with E-state index in [0.29, 0.717) is 10.7 Å². The highest BCUT2D eigenvalue weighted by Gasteiger charge is 2.67. The van der Waals surface area contributed by atoms with E-state index in [9.17, 15) is 39.6 Å². The van der Waals surface area contributed by atoms with Gasteiger partial charge in [-0.2, -0.15) is 13.9 Å². The van der Waals surface area contributed by atoms with Crippen LogP contribution in [0.4, 0.5) is 45.2 Å². The zero-order valence-electron chi connectivity index (χ0n) is 34.1. The molecule has 2 fully saturated rings. The van der Waals surface area contributed by atoms with E-state index in [2.05, 4.69) is 30.4 Å². The number of amides is 1. The Morgan fingerprint density at radius 2 is 1.69 bits per heavy atom. The van der Waals surface area contributed by atoms with Crippen LogP contribution in [0.15, 0.2) is 71.5 Å². The van der Waals surface area contributed by atoms with E-state index < -0.39 is 146 Å². The van der Waals surface area contributed by atoms with Crippen molar-refractivity contribution in [3.05, 3.63) is 133 Å². The molecule has 3 aromatic heterocycles. The fraction of sp³-hybridized carbons (Fsp3) is 0.302. The fourth-order valence-electron chi connectivity index (χ4n) is 8.50. The standard InChI is InChI=1S/C43H33ClF9N9O4S/c44-26-8-10-30(35(55-16-31(48)49)34(26)39(54)60-67(65,66)21-5-6-21)62-41(58-40-23(42(62)64)7-9-28(57-40)22-3-1-2-4-27(22)47)29(13-18-11-19(45)14-20(46)12-18)56-32(63)17-61-37-33(36(59-61)38(50)51)24-15-25(24)43(37,52)53/h1-4,7-12,14,21,24-25,29,31,38,55H,5-6,13,15-17H2,(H2,54,60)(H,56,63)/t24-,25+,29-/m0/s1. The summed E-state index contributed by atoms with van der Waals surface area (Å²) < 4.78 is 161. The van der Waals surface area contributed by atoms with E-state index in [0.717, 1.165) is 34.9 Å². The summed E-state index contributed by atoms with van der Waals surface area (Å²) in [6.07, 6.45) is -6.61. The smallest absolute Gasteiger partial charge is 0.293 e. The zero-order valence-corrected chi connectivity index (χ0v) is 35.7. The molecule has 350 valence electrons. The number of halogens is 10. The van der Waals surface area contributed by atoms with E-state index in [-0.39, 0.29) is 52.1 Å². The largest absolute Gasteiger partial charge is 0.377 e. The van der Waals surface area contributed by atoms with Gasteiger partial charge >= 0.3 is 0 Å². The molecule has 3 aliphatic carbocycles. The minimum Gasteiger partial charge on any atom is -0.377 e. The number of nitrogens with one attached hydrogen (secondary N) is 4. The highest BCUT2D eigenvalue weighted by Crippen LogP contribution is 2.68. The Bertz CT molecular complexity index is 3180.